The first-order chi connectivity index (χ1) is 12.2. The van der Waals surface area contributed by atoms with Crippen LogP contribution in [0.1, 0.15) is 36.0 Å². The van der Waals surface area contributed by atoms with E-state index in [0.29, 0.717) is 17.4 Å². The number of carbonyl (C=O) groups excluding carboxylic acids is 1. The maximum Gasteiger partial charge on any atom is 0.257 e. The van der Waals surface area contributed by atoms with Crippen LogP contribution < -0.4 is 14.9 Å². The molecule has 1 amide bonds. The third kappa shape index (κ3) is 4.67. The SMILES string of the molecule is O=C(NC1CCC(NCl)CC1)c1cccnc1Oc1ccc(F)cc1. The normalized spacial score (nSPS) is 20.1. The highest BCUT2D eigenvalue weighted by Gasteiger charge is 2.23. The molecule has 0 unspecified atom stereocenters. The monoisotopic (exact) mass is 363 g/mol. The lowest BCUT2D eigenvalue weighted by atomic mass is 9.91. The molecule has 0 aliphatic heterocycles. The third-order valence-electron chi connectivity index (χ3n) is 4.26. The Balaban J connectivity index is 1.67. The van der Waals surface area contributed by atoms with E-state index in [-0.39, 0.29) is 23.6 Å². The predicted octanol–water partition coefficient (Wildman–Crippen LogP) is 3.80. The highest BCUT2D eigenvalue weighted by atomic mass is 35.5. The molecule has 0 atom stereocenters. The topological polar surface area (TPSA) is 63.2 Å². The molecule has 1 aromatic heterocycles. The molecule has 132 valence electrons. The average molecular weight is 364 g/mol. The summed E-state index contributed by atoms with van der Waals surface area (Å²) in [5, 5.41) is 3.03. The van der Waals surface area contributed by atoms with E-state index in [1.54, 1.807) is 18.3 Å². The quantitative estimate of drug-likeness (QED) is 0.793. The molecule has 2 N–H and O–H groups in total. The smallest absolute Gasteiger partial charge is 0.257 e. The van der Waals surface area contributed by atoms with Gasteiger partial charge < -0.3 is 10.1 Å². The molecular formula is C18H19ClFN3O2. The Kier molecular flexibility index (Phi) is 5.83. The molecule has 1 aromatic carbocycles. The van der Waals surface area contributed by atoms with E-state index >= 15 is 0 Å². The molecule has 25 heavy (non-hydrogen) atoms. The van der Waals surface area contributed by atoms with Crippen LogP contribution in [0, 0.1) is 5.82 Å². The number of hydrogen-bond donors (Lipinski definition) is 2. The molecule has 3 rings (SSSR count). The highest BCUT2D eigenvalue weighted by Crippen LogP contribution is 2.24. The second-order valence-electron chi connectivity index (χ2n) is 6.04. The van der Waals surface area contributed by atoms with E-state index in [1.165, 1.54) is 24.3 Å². The van der Waals surface area contributed by atoms with Gasteiger partial charge in [-0.25, -0.2) is 14.2 Å². The number of carbonyl (C=O) groups is 1. The van der Waals surface area contributed by atoms with E-state index in [2.05, 4.69) is 15.1 Å². The lowest BCUT2D eigenvalue weighted by Crippen LogP contribution is -2.40. The Bertz CT molecular complexity index is 719. The Labute approximate surface area is 150 Å². The third-order valence-corrected chi connectivity index (χ3v) is 4.57. The van der Waals surface area contributed by atoms with Crippen LogP contribution in [0.4, 0.5) is 4.39 Å². The first-order valence-electron chi connectivity index (χ1n) is 8.21. The van der Waals surface area contributed by atoms with Crippen LogP contribution in [0.2, 0.25) is 0 Å². The lowest BCUT2D eigenvalue weighted by Gasteiger charge is -2.28. The first-order valence-corrected chi connectivity index (χ1v) is 8.59. The van der Waals surface area contributed by atoms with E-state index < -0.39 is 0 Å². The van der Waals surface area contributed by atoms with Gasteiger partial charge in [0.15, 0.2) is 0 Å². The van der Waals surface area contributed by atoms with E-state index in [0.717, 1.165) is 25.7 Å². The molecule has 0 radical (unpaired) electrons. The number of rotatable bonds is 5. The summed E-state index contributed by atoms with van der Waals surface area (Å²) in [5.74, 6) is 0.0337. The van der Waals surface area contributed by atoms with Gasteiger partial charge in [0.25, 0.3) is 5.91 Å². The van der Waals surface area contributed by atoms with E-state index in [4.69, 9.17) is 16.5 Å². The van der Waals surface area contributed by atoms with Crippen molar-refractivity contribution < 1.29 is 13.9 Å². The number of nitrogens with zero attached hydrogens (tertiary/aromatic N) is 1. The number of ether oxygens (including phenoxy) is 1. The van der Waals surface area contributed by atoms with Gasteiger partial charge in [-0.3, -0.25) is 4.79 Å². The maximum absolute atomic E-state index is 13.0. The molecule has 1 aliphatic carbocycles. The van der Waals surface area contributed by atoms with Crippen molar-refractivity contribution in [3.8, 4) is 11.6 Å². The van der Waals surface area contributed by atoms with Crippen LogP contribution in [-0.4, -0.2) is 23.0 Å². The average Bonchev–Trinajstić information content (AvgIpc) is 2.64. The fraction of sp³-hybridized carbons (Fsp3) is 0.333. The lowest BCUT2D eigenvalue weighted by molar-refractivity contribution is 0.0922. The fourth-order valence-corrected chi connectivity index (χ4v) is 3.09. The minimum absolute atomic E-state index is 0.104. The van der Waals surface area contributed by atoms with Crippen LogP contribution in [0.15, 0.2) is 42.6 Å². The molecule has 1 fully saturated rings. The Morgan fingerprint density at radius 3 is 2.48 bits per heavy atom. The van der Waals surface area contributed by atoms with Crippen molar-refractivity contribution >= 4 is 17.7 Å². The van der Waals surface area contributed by atoms with Gasteiger partial charge in [-0.05, 0) is 73.9 Å². The molecule has 0 spiro atoms. The number of hydrogen-bond acceptors (Lipinski definition) is 4. The van der Waals surface area contributed by atoms with Crippen molar-refractivity contribution in [2.24, 2.45) is 0 Å². The van der Waals surface area contributed by atoms with Crippen molar-refractivity contribution in [3.05, 3.63) is 54.0 Å². The summed E-state index contributed by atoms with van der Waals surface area (Å²) in [7, 11) is 0. The minimum Gasteiger partial charge on any atom is -0.438 e. The molecule has 0 saturated heterocycles. The van der Waals surface area contributed by atoms with Crippen LogP contribution in [0.25, 0.3) is 0 Å². The van der Waals surface area contributed by atoms with E-state index in [1.807, 2.05) is 0 Å². The number of amides is 1. The van der Waals surface area contributed by atoms with Crippen LogP contribution >= 0.6 is 11.8 Å². The van der Waals surface area contributed by atoms with Crippen LogP contribution in [-0.2, 0) is 0 Å². The summed E-state index contributed by atoms with van der Waals surface area (Å²) in [6.07, 6.45) is 5.11. The Morgan fingerprint density at radius 2 is 1.80 bits per heavy atom. The van der Waals surface area contributed by atoms with E-state index in [9.17, 15) is 9.18 Å². The summed E-state index contributed by atoms with van der Waals surface area (Å²) in [4.78, 5) is 19.5. The molecule has 7 heteroatoms. The van der Waals surface area contributed by atoms with Crippen molar-refractivity contribution in [2.45, 2.75) is 37.8 Å². The number of halogens is 2. The standard InChI is InChI=1S/C18H19ClFN3O2/c19-23-14-7-5-13(6-8-14)22-17(24)16-2-1-11-21-18(16)25-15-9-3-12(20)4-10-15/h1-4,9-11,13-14,23H,5-8H2,(H,22,24). The predicted molar refractivity (Wildman–Crippen MR) is 93.2 cm³/mol. The zero-order valence-corrected chi connectivity index (χ0v) is 14.3. The molecular weight excluding hydrogens is 345 g/mol. The van der Waals surface area contributed by atoms with Gasteiger partial charge in [-0.1, -0.05) is 0 Å². The second-order valence-corrected chi connectivity index (χ2v) is 6.26. The van der Waals surface area contributed by atoms with Gasteiger partial charge in [0.2, 0.25) is 5.88 Å². The minimum atomic E-state index is -0.353. The molecule has 1 saturated carbocycles. The molecule has 1 aliphatic rings. The molecule has 0 bridgehead atoms. The first kappa shape index (κ1) is 17.6. The van der Waals surface area contributed by atoms with Crippen molar-refractivity contribution in [3.63, 3.8) is 0 Å². The number of benzene rings is 1. The second kappa shape index (κ2) is 8.27. The summed E-state index contributed by atoms with van der Waals surface area (Å²) < 4.78 is 18.6. The summed E-state index contributed by atoms with van der Waals surface area (Å²) in [6, 6.07) is 9.31. The maximum atomic E-state index is 13.0. The summed E-state index contributed by atoms with van der Waals surface area (Å²) in [5.41, 5.74) is 0.351. The van der Waals surface area contributed by atoms with Crippen molar-refractivity contribution in [1.82, 2.24) is 15.1 Å². The van der Waals surface area contributed by atoms with Crippen LogP contribution in [0.3, 0.4) is 0 Å². The summed E-state index contributed by atoms with van der Waals surface area (Å²) >= 11 is 5.65. The molecule has 2 aromatic rings. The fourth-order valence-electron chi connectivity index (χ4n) is 2.87. The van der Waals surface area contributed by atoms with Gasteiger partial charge in [0, 0.05) is 18.3 Å². The number of pyridine rings is 1. The zero-order chi connectivity index (χ0) is 17.6. The van der Waals surface area contributed by atoms with Gasteiger partial charge in [-0.2, -0.15) is 0 Å². The number of aromatic nitrogens is 1. The van der Waals surface area contributed by atoms with Crippen LogP contribution in [0.5, 0.6) is 11.6 Å². The largest absolute Gasteiger partial charge is 0.438 e. The van der Waals surface area contributed by atoms with Gasteiger partial charge >= 0.3 is 0 Å². The van der Waals surface area contributed by atoms with Gasteiger partial charge in [-0.15, -0.1) is 0 Å². The highest BCUT2D eigenvalue weighted by molar-refractivity contribution is 6.13. The van der Waals surface area contributed by atoms with Crippen molar-refractivity contribution in [1.29, 1.82) is 0 Å². The van der Waals surface area contributed by atoms with Crippen molar-refractivity contribution in [2.75, 3.05) is 0 Å². The van der Waals surface area contributed by atoms with Gasteiger partial charge in [0.05, 0.1) is 0 Å². The molecule has 1 heterocycles. The zero-order valence-electron chi connectivity index (χ0n) is 13.5. The summed E-state index contributed by atoms with van der Waals surface area (Å²) in [6.45, 7) is 0. The molecule has 5 nitrogen and oxygen atoms in total. The Hall–Kier alpha value is -2.18. The Morgan fingerprint density at radius 1 is 1.12 bits per heavy atom. The number of nitrogens with one attached hydrogen (secondary N) is 2. The van der Waals surface area contributed by atoms with Gasteiger partial charge in [0.1, 0.15) is 17.1 Å².